The van der Waals surface area contributed by atoms with E-state index in [9.17, 15) is 8.78 Å². The molecule has 6 heteroatoms. The number of alkyl halides is 3. The minimum atomic E-state index is -2.64. The predicted octanol–water partition coefficient (Wildman–Crippen LogP) is 3.01. The standard InChI is InChI=1S/C8H7BrF2INO/c9-2-4-1-5(3-14)6(7(10)11)13-8(4)12/h1,7,14H,2-3H2. The summed E-state index contributed by atoms with van der Waals surface area (Å²) in [7, 11) is 0. The molecular formula is C8H7BrF2INO. The molecule has 0 saturated heterocycles. The average molecular weight is 378 g/mol. The summed E-state index contributed by atoms with van der Waals surface area (Å²) < 4.78 is 25.4. The van der Waals surface area contributed by atoms with Crippen molar-refractivity contribution >= 4 is 38.5 Å². The fraction of sp³-hybridized carbons (Fsp3) is 0.375. The van der Waals surface area contributed by atoms with Crippen molar-refractivity contribution in [3.05, 3.63) is 26.6 Å². The van der Waals surface area contributed by atoms with Crippen LogP contribution >= 0.6 is 38.5 Å². The number of hydrogen-bond donors (Lipinski definition) is 1. The van der Waals surface area contributed by atoms with Crippen molar-refractivity contribution in [1.82, 2.24) is 4.98 Å². The number of aliphatic hydroxyl groups is 1. The minimum absolute atomic E-state index is 0.190. The Bertz CT molecular complexity index is 335. The summed E-state index contributed by atoms with van der Waals surface area (Å²) in [6.45, 7) is -0.413. The number of pyridine rings is 1. The Morgan fingerprint density at radius 2 is 2.14 bits per heavy atom. The van der Waals surface area contributed by atoms with E-state index in [1.165, 1.54) is 0 Å². The van der Waals surface area contributed by atoms with E-state index in [2.05, 4.69) is 20.9 Å². The van der Waals surface area contributed by atoms with Gasteiger partial charge in [0.1, 0.15) is 9.39 Å². The molecular weight excluding hydrogens is 371 g/mol. The third kappa shape index (κ3) is 2.60. The maximum Gasteiger partial charge on any atom is 0.280 e. The molecule has 0 saturated carbocycles. The molecule has 0 amide bonds. The summed E-state index contributed by atoms with van der Waals surface area (Å²) in [6, 6.07) is 1.55. The van der Waals surface area contributed by atoms with E-state index >= 15 is 0 Å². The van der Waals surface area contributed by atoms with E-state index in [1.54, 1.807) is 6.07 Å². The zero-order valence-electron chi connectivity index (χ0n) is 6.98. The Balaban J connectivity index is 3.24. The van der Waals surface area contributed by atoms with Crippen molar-refractivity contribution in [3.63, 3.8) is 0 Å². The van der Waals surface area contributed by atoms with Crippen molar-refractivity contribution in [1.29, 1.82) is 0 Å². The minimum Gasteiger partial charge on any atom is -0.392 e. The summed E-state index contributed by atoms with van der Waals surface area (Å²) in [5.41, 5.74) is 0.663. The van der Waals surface area contributed by atoms with Gasteiger partial charge in [-0.25, -0.2) is 13.8 Å². The quantitative estimate of drug-likeness (QED) is 0.499. The fourth-order valence-electron chi connectivity index (χ4n) is 1.00. The van der Waals surface area contributed by atoms with Crippen LogP contribution in [0.1, 0.15) is 23.2 Å². The molecule has 14 heavy (non-hydrogen) atoms. The first-order valence-corrected chi connectivity index (χ1v) is 5.93. The zero-order valence-corrected chi connectivity index (χ0v) is 10.7. The molecule has 0 spiro atoms. The van der Waals surface area contributed by atoms with Gasteiger partial charge in [0, 0.05) is 10.9 Å². The van der Waals surface area contributed by atoms with Crippen molar-refractivity contribution in [3.8, 4) is 0 Å². The van der Waals surface area contributed by atoms with Gasteiger partial charge in [-0.15, -0.1) is 0 Å². The van der Waals surface area contributed by atoms with Crippen molar-refractivity contribution in [2.75, 3.05) is 0 Å². The van der Waals surface area contributed by atoms with E-state index in [0.717, 1.165) is 5.56 Å². The van der Waals surface area contributed by atoms with Crippen LogP contribution in [0.4, 0.5) is 8.78 Å². The summed E-state index contributed by atoms with van der Waals surface area (Å²) in [4.78, 5) is 3.76. The molecule has 0 bridgehead atoms. The molecule has 1 N–H and O–H groups in total. The maximum atomic E-state index is 12.4. The number of aliphatic hydroxyl groups excluding tert-OH is 1. The first kappa shape index (κ1) is 12.3. The Morgan fingerprint density at radius 1 is 1.50 bits per heavy atom. The maximum absolute atomic E-state index is 12.4. The second-order valence-electron chi connectivity index (χ2n) is 2.58. The van der Waals surface area contributed by atoms with E-state index in [-0.39, 0.29) is 11.3 Å². The molecule has 1 aromatic heterocycles. The van der Waals surface area contributed by atoms with Gasteiger partial charge in [0.25, 0.3) is 6.43 Å². The molecule has 0 radical (unpaired) electrons. The fourth-order valence-corrected chi connectivity index (χ4v) is 2.56. The third-order valence-electron chi connectivity index (χ3n) is 1.68. The third-order valence-corrected chi connectivity index (χ3v) is 3.22. The second-order valence-corrected chi connectivity index (χ2v) is 4.16. The number of halogens is 4. The summed E-state index contributed by atoms with van der Waals surface area (Å²) in [5, 5.41) is 9.42. The van der Waals surface area contributed by atoms with Gasteiger partial charge in [0.2, 0.25) is 0 Å². The SMILES string of the molecule is OCc1cc(CBr)c(I)nc1C(F)F. The monoisotopic (exact) mass is 377 g/mol. The summed E-state index contributed by atoms with van der Waals surface area (Å²) >= 11 is 5.12. The molecule has 1 rings (SSSR count). The molecule has 0 aliphatic rings. The van der Waals surface area contributed by atoms with Crippen LogP contribution < -0.4 is 0 Å². The predicted molar refractivity (Wildman–Crippen MR) is 60.5 cm³/mol. The Labute approximate surface area is 102 Å². The lowest BCUT2D eigenvalue weighted by molar-refractivity contribution is 0.141. The number of rotatable bonds is 3. The first-order chi connectivity index (χ1) is 6.60. The van der Waals surface area contributed by atoms with Gasteiger partial charge in [-0.05, 0) is 34.2 Å². The molecule has 1 heterocycles. The van der Waals surface area contributed by atoms with Crippen LogP contribution in [0.3, 0.4) is 0 Å². The molecule has 0 atom stereocenters. The zero-order chi connectivity index (χ0) is 10.7. The van der Waals surface area contributed by atoms with E-state index in [4.69, 9.17) is 5.11 Å². The highest BCUT2D eigenvalue weighted by Crippen LogP contribution is 2.25. The number of nitrogens with zero attached hydrogens (tertiary/aromatic N) is 1. The van der Waals surface area contributed by atoms with Crippen LogP contribution in [0.25, 0.3) is 0 Å². The van der Waals surface area contributed by atoms with Crippen LogP contribution in [-0.2, 0) is 11.9 Å². The van der Waals surface area contributed by atoms with E-state index in [1.807, 2.05) is 22.6 Å². The van der Waals surface area contributed by atoms with Gasteiger partial charge in [0.05, 0.1) is 6.61 Å². The van der Waals surface area contributed by atoms with Crippen LogP contribution in [-0.4, -0.2) is 10.1 Å². The molecule has 0 unspecified atom stereocenters. The van der Waals surface area contributed by atoms with E-state index in [0.29, 0.717) is 9.03 Å². The largest absolute Gasteiger partial charge is 0.392 e. The number of hydrogen-bond acceptors (Lipinski definition) is 2. The normalized spacial score (nSPS) is 11.0. The van der Waals surface area contributed by atoms with E-state index < -0.39 is 13.0 Å². The second kappa shape index (κ2) is 5.32. The van der Waals surface area contributed by atoms with Crippen molar-refractivity contribution in [2.24, 2.45) is 0 Å². The summed E-state index contributed by atoms with van der Waals surface area (Å²) in [6.07, 6.45) is -2.64. The lowest BCUT2D eigenvalue weighted by atomic mass is 10.1. The summed E-state index contributed by atoms with van der Waals surface area (Å²) in [5.74, 6) is 0. The first-order valence-electron chi connectivity index (χ1n) is 3.73. The van der Waals surface area contributed by atoms with Crippen molar-refractivity contribution in [2.45, 2.75) is 18.4 Å². The topological polar surface area (TPSA) is 33.1 Å². The smallest absolute Gasteiger partial charge is 0.280 e. The average Bonchev–Trinajstić information content (AvgIpc) is 2.17. The van der Waals surface area contributed by atoms with Crippen LogP contribution in [0.15, 0.2) is 6.07 Å². The van der Waals surface area contributed by atoms with Gasteiger partial charge in [0.15, 0.2) is 0 Å². The highest BCUT2D eigenvalue weighted by molar-refractivity contribution is 14.1. The molecule has 0 aliphatic heterocycles. The molecule has 0 fully saturated rings. The van der Waals surface area contributed by atoms with Gasteiger partial charge in [-0.2, -0.15) is 0 Å². The van der Waals surface area contributed by atoms with Crippen molar-refractivity contribution < 1.29 is 13.9 Å². The Kier molecular flexibility index (Phi) is 4.65. The highest BCUT2D eigenvalue weighted by atomic mass is 127. The van der Waals surface area contributed by atoms with Gasteiger partial charge < -0.3 is 5.11 Å². The Hall–Kier alpha value is 0.180. The molecule has 2 nitrogen and oxygen atoms in total. The van der Waals surface area contributed by atoms with Gasteiger partial charge >= 0.3 is 0 Å². The van der Waals surface area contributed by atoms with Gasteiger partial charge in [-0.3, -0.25) is 0 Å². The lowest BCUT2D eigenvalue weighted by Gasteiger charge is -2.08. The molecule has 1 aromatic rings. The molecule has 78 valence electrons. The molecule has 0 aromatic carbocycles. The highest BCUT2D eigenvalue weighted by Gasteiger charge is 2.16. The number of aromatic nitrogens is 1. The molecule has 0 aliphatic carbocycles. The van der Waals surface area contributed by atoms with Crippen LogP contribution in [0.2, 0.25) is 0 Å². The Morgan fingerprint density at radius 3 is 2.57 bits per heavy atom. The van der Waals surface area contributed by atoms with Gasteiger partial charge in [-0.1, -0.05) is 15.9 Å². The lowest BCUT2D eigenvalue weighted by Crippen LogP contribution is -2.03. The van der Waals surface area contributed by atoms with Crippen LogP contribution in [0, 0.1) is 3.70 Å². The van der Waals surface area contributed by atoms with Crippen LogP contribution in [0.5, 0.6) is 0 Å².